The Morgan fingerprint density at radius 1 is 1.39 bits per heavy atom. The summed E-state index contributed by atoms with van der Waals surface area (Å²) in [6.45, 7) is 0. The first kappa shape index (κ1) is 19.9. The van der Waals surface area contributed by atoms with E-state index in [0.29, 0.717) is 0 Å². The molecule has 1 aliphatic carbocycles. The second-order valence-corrected chi connectivity index (χ2v) is 8.69. The summed E-state index contributed by atoms with van der Waals surface area (Å²) >= 11 is 0. The van der Waals surface area contributed by atoms with Gasteiger partial charge in [-0.1, -0.05) is 0 Å². The summed E-state index contributed by atoms with van der Waals surface area (Å²) < 4.78 is 65.5. The van der Waals surface area contributed by atoms with Gasteiger partial charge in [0.15, 0.2) is 9.84 Å². The molecule has 1 aliphatic rings. The average molecular weight is 412 g/mol. The summed E-state index contributed by atoms with van der Waals surface area (Å²) in [6.07, 6.45) is -2.60. The number of carbonyl (C=O) groups excluding carboxylic acids is 1. The zero-order valence-corrected chi connectivity index (χ0v) is 15.4. The van der Waals surface area contributed by atoms with E-state index in [1.807, 2.05) is 6.07 Å². The molecule has 0 radical (unpaired) electrons. The van der Waals surface area contributed by atoms with Crippen molar-refractivity contribution in [2.45, 2.75) is 23.9 Å². The van der Waals surface area contributed by atoms with Crippen molar-refractivity contribution in [3.05, 3.63) is 42.0 Å². The van der Waals surface area contributed by atoms with E-state index >= 15 is 0 Å². The standard InChI is InChI=1S/C17H15F3N4O3S/c1-24-9-13(28(26,27)10-16(3-4-16)17(18,19)20)7-14(24)15(25)23-11-2-5-22-12(6-11)8-21/h2,5-7,9H,3-4,10H2,1H3,(H,22,23,25). The van der Waals surface area contributed by atoms with Gasteiger partial charge in [-0.15, -0.1) is 0 Å². The molecule has 11 heteroatoms. The third-order valence-electron chi connectivity index (χ3n) is 4.63. The molecule has 2 aromatic heterocycles. The molecular formula is C17H15F3N4O3S. The van der Waals surface area contributed by atoms with E-state index in [1.54, 1.807) is 0 Å². The predicted octanol–water partition coefficient (Wildman–Crippen LogP) is 2.66. The van der Waals surface area contributed by atoms with Gasteiger partial charge in [0.05, 0.1) is 16.1 Å². The summed E-state index contributed by atoms with van der Waals surface area (Å²) in [5.74, 6) is -1.71. The first-order valence-corrected chi connectivity index (χ1v) is 9.76. The fourth-order valence-electron chi connectivity index (χ4n) is 2.80. The average Bonchev–Trinajstić information content (AvgIpc) is 3.27. The number of anilines is 1. The van der Waals surface area contributed by atoms with Crippen LogP contribution in [0.2, 0.25) is 0 Å². The number of carbonyl (C=O) groups is 1. The molecule has 1 amide bonds. The predicted molar refractivity (Wildman–Crippen MR) is 92.1 cm³/mol. The fourth-order valence-corrected chi connectivity index (χ4v) is 4.76. The molecule has 0 saturated heterocycles. The second kappa shape index (κ2) is 6.63. The van der Waals surface area contributed by atoms with Crippen LogP contribution < -0.4 is 5.32 Å². The number of hydrogen-bond donors (Lipinski definition) is 1. The highest BCUT2D eigenvalue weighted by atomic mass is 32.2. The van der Waals surface area contributed by atoms with Crippen LogP contribution in [0.4, 0.5) is 18.9 Å². The van der Waals surface area contributed by atoms with Crippen molar-refractivity contribution in [3.8, 4) is 6.07 Å². The monoisotopic (exact) mass is 412 g/mol. The number of hydrogen-bond acceptors (Lipinski definition) is 5. The summed E-state index contributed by atoms with van der Waals surface area (Å²) in [7, 11) is -2.82. The van der Waals surface area contributed by atoms with Gasteiger partial charge < -0.3 is 9.88 Å². The van der Waals surface area contributed by atoms with E-state index in [2.05, 4.69) is 10.3 Å². The fraction of sp³-hybridized carbons (Fsp3) is 0.353. The van der Waals surface area contributed by atoms with Crippen LogP contribution in [-0.4, -0.2) is 35.8 Å². The zero-order chi connectivity index (χ0) is 20.7. The van der Waals surface area contributed by atoms with E-state index in [-0.39, 0.29) is 34.8 Å². The molecular weight excluding hydrogens is 397 g/mol. The Morgan fingerprint density at radius 2 is 2.07 bits per heavy atom. The molecule has 3 rings (SSSR count). The Morgan fingerprint density at radius 3 is 2.64 bits per heavy atom. The number of aromatic nitrogens is 2. The van der Waals surface area contributed by atoms with Crippen LogP contribution in [0.3, 0.4) is 0 Å². The lowest BCUT2D eigenvalue weighted by Crippen LogP contribution is -2.31. The molecule has 7 nitrogen and oxygen atoms in total. The minimum atomic E-state index is -4.59. The third kappa shape index (κ3) is 3.73. The Hall–Kier alpha value is -2.87. The number of alkyl halides is 3. The zero-order valence-electron chi connectivity index (χ0n) is 14.6. The van der Waals surface area contributed by atoms with Gasteiger partial charge in [0.2, 0.25) is 0 Å². The maximum absolute atomic E-state index is 13.1. The smallest absolute Gasteiger partial charge is 0.345 e. The number of aryl methyl sites for hydroxylation is 1. The SMILES string of the molecule is Cn1cc(S(=O)(=O)CC2(C(F)(F)F)CC2)cc1C(=O)Nc1ccnc(C#N)c1. The van der Waals surface area contributed by atoms with Crippen LogP contribution in [0.15, 0.2) is 35.5 Å². The topological polar surface area (TPSA) is 105 Å². The number of pyridine rings is 1. The first-order chi connectivity index (χ1) is 13.0. The Kier molecular flexibility index (Phi) is 4.71. The quantitative estimate of drug-likeness (QED) is 0.813. The van der Waals surface area contributed by atoms with E-state index in [4.69, 9.17) is 5.26 Å². The third-order valence-corrected chi connectivity index (χ3v) is 6.50. The molecule has 2 heterocycles. The van der Waals surface area contributed by atoms with Crippen molar-refractivity contribution < 1.29 is 26.4 Å². The lowest BCUT2D eigenvalue weighted by atomic mass is 10.1. The summed E-state index contributed by atoms with van der Waals surface area (Å²) in [4.78, 5) is 15.8. The molecule has 2 aromatic rings. The van der Waals surface area contributed by atoms with Gasteiger partial charge in [0.25, 0.3) is 5.91 Å². The second-order valence-electron chi connectivity index (χ2n) is 6.70. The number of amides is 1. The molecule has 0 bridgehead atoms. The van der Waals surface area contributed by atoms with Gasteiger partial charge in [-0.05, 0) is 31.0 Å². The minimum absolute atomic E-state index is 0.0502. The molecule has 0 aliphatic heterocycles. The van der Waals surface area contributed by atoms with E-state index in [9.17, 15) is 26.4 Å². The van der Waals surface area contributed by atoms with Crippen LogP contribution in [0.25, 0.3) is 0 Å². The number of halogens is 3. The lowest BCUT2D eigenvalue weighted by molar-refractivity contribution is -0.180. The highest BCUT2D eigenvalue weighted by Crippen LogP contribution is 2.58. The number of nitrogens with zero attached hydrogens (tertiary/aromatic N) is 3. The number of sulfone groups is 1. The molecule has 0 unspecified atom stereocenters. The summed E-state index contributed by atoms with van der Waals surface area (Å²) in [5, 5.41) is 11.3. The van der Waals surface area contributed by atoms with Crippen LogP contribution in [0.1, 0.15) is 29.0 Å². The maximum Gasteiger partial charge on any atom is 0.395 e. The highest BCUT2D eigenvalue weighted by Gasteiger charge is 2.64. The summed E-state index contributed by atoms with van der Waals surface area (Å²) in [6, 6.07) is 5.64. The molecule has 0 spiro atoms. The molecule has 28 heavy (non-hydrogen) atoms. The molecule has 0 aromatic carbocycles. The number of nitriles is 1. The summed E-state index contributed by atoms with van der Waals surface area (Å²) in [5.41, 5.74) is -1.90. The van der Waals surface area contributed by atoms with Crippen molar-refractivity contribution in [1.29, 1.82) is 5.26 Å². The highest BCUT2D eigenvalue weighted by molar-refractivity contribution is 7.91. The maximum atomic E-state index is 13.1. The van der Waals surface area contributed by atoms with Crippen molar-refractivity contribution >= 4 is 21.4 Å². The van der Waals surface area contributed by atoms with E-state index in [1.165, 1.54) is 29.9 Å². The minimum Gasteiger partial charge on any atom is -0.345 e. The van der Waals surface area contributed by atoms with Crippen molar-refractivity contribution in [3.63, 3.8) is 0 Å². The molecule has 1 fully saturated rings. The van der Waals surface area contributed by atoms with Gasteiger partial charge in [0, 0.05) is 25.1 Å². The Bertz CT molecular complexity index is 1080. The van der Waals surface area contributed by atoms with E-state index in [0.717, 1.165) is 12.3 Å². The normalized spacial score (nSPS) is 15.7. The molecule has 0 atom stereocenters. The molecule has 1 saturated carbocycles. The first-order valence-electron chi connectivity index (χ1n) is 8.11. The van der Waals surface area contributed by atoms with Crippen LogP contribution >= 0.6 is 0 Å². The molecule has 148 valence electrons. The Balaban J connectivity index is 1.82. The Labute approximate surface area is 158 Å². The largest absolute Gasteiger partial charge is 0.395 e. The van der Waals surface area contributed by atoms with Crippen LogP contribution in [-0.2, 0) is 16.9 Å². The van der Waals surface area contributed by atoms with Crippen LogP contribution in [0, 0.1) is 16.7 Å². The van der Waals surface area contributed by atoms with Gasteiger partial charge in [-0.25, -0.2) is 13.4 Å². The van der Waals surface area contributed by atoms with Crippen molar-refractivity contribution in [1.82, 2.24) is 9.55 Å². The van der Waals surface area contributed by atoms with Gasteiger partial charge in [-0.3, -0.25) is 4.79 Å². The van der Waals surface area contributed by atoms with Crippen molar-refractivity contribution in [2.75, 3.05) is 11.1 Å². The van der Waals surface area contributed by atoms with Gasteiger partial charge in [0.1, 0.15) is 17.5 Å². The van der Waals surface area contributed by atoms with Crippen LogP contribution in [0.5, 0.6) is 0 Å². The van der Waals surface area contributed by atoms with Gasteiger partial charge in [-0.2, -0.15) is 18.4 Å². The van der Waals surface area contributed by atoms with E-state index < -0.39 is 33.1 Å². The van der Waals surface area contributed by atoms with Gasteiger partial charge >= 0.3 is 6.18 Å². The van der Waals surface area contributed by atoms with Crippen molar-refractivity contribution in [2.24, 2.45) is 12.5 Å². The molecule has 1 N–H and O–H groups in total. The number of rotatable bonds is 5. The lowest BCUT2D eigenvalue weighted by Gasteiger charge is -2.18. The number of nitrogens with one attached hydrogen (secondary N) is 1.